The maximum atomic E-state index is 11.1. The Kier molecular flexibility index (Phi) is 4.44. The second-order valence-electron chi connectivity index (χ2n) is 4.35. The first kappa shape index (κ1) is 13.2. The van der Waals surface area contributed by atoms with E-state index in [1.807, 2.05) is 0 Å². The molecule has 18 heavy (non-hydrogen) atoms. The van der Waals surface area contributed by atoms with Crippen LogP contribution in [0.5, 0.6) is 0 Å². The molecule has 0 amide bonds. The Hall–Kier alpha value is -1.26. The van der Waals surface area contributed by atoms with Gasteiger partial charge < -0.3 is 15.2 Å². The molecule has 1 atom stereocenters. The van der Waals surface area contributed by atoms with Crippen LogP contribution in [0.1, 0.15) is 29.6 Å². The summed E-state index contributed by atoms with van der Waals surface area (Å²) in [5.41, 5.74) is 0.805. The van der Waals surface area contributed by atoms with Crippen LogP contribution in [0, 0.1) is 0 Å². The quantitative estimate of drug-likeness (QED) is 0.863. The average molecular weight is 270 g/mol. The van der Waals surface area contributed by atoms with Crippen molar-refractivity contribution in [1.29, 1.82) is 0 Å². The first-order valence-corrected chi connectivity index (χ1v) is 6.43. The van der Waals surface area contributed by atoms with Gasteiger partial charge in [0.1, 0.15) is 0 Å². The van der Waals surface area contributed by atoms with Crippen molar-refractivity contribution in [2.75, 3.05) is 18.5 Å². The van der Waals surface area contributed by atoms with Crippen molar-refractivity contribution in [3.8, 4) is 0 Å². The fourth-order valence-corrected chi connectivity index (χ4v) is 2.26. The molecule has 1 aliphatic rings. The zero-order valence-corrected chi connectivity index (χ0v) is 10.7. The number of ether oxygens (including phenoxy) is 1. The Morgan fingerprint density at radius 3 is 3.06 bits per heavy atom. The monoisotopic (exact) mass is 269 g/mol. The van der Waals surface area contributed by atoms with Crippen LogP contribution in [-0.2, 0) is 4.74 Å². The summed E-state index contributed by atoms with van der Waals surface area (Å²) in [5, 5.41) is 12.6. The summed E-state index contributed by atoms with van der Waals surface area (Å²) >= 11 is 5.79. The lowest BCUT2D eigenvalue weighted by Crippen LogP contribution is -2.14. The van der Waals surface area contributed by atoms with Crippen LogP contribution < -0.4 is 5.32 Å². The van der Waals surface area contributed by atoms with Crippen molar-refractivity contribution in [1.82, 2.24) is 0 Å². The van der Waals surface area contributed by atoms with E-state index >= 15 is 0 Å². The van der Waals surface area contributed by atoms with E-state index in [4.69, 9.17) is 21.4 Å². The molecule has 0 saturated carbocycles. The summed E-state index contributed by atoms with van der Waals surface area (Å²) in [6, 6.07) is 4.84. The summed E-state index contributed by atoms with van der Waals surface area (Å²) in [6.07, 6.45) is 3.40. The lowest BCUT2D eigenvalue weighted by Gasteiger charge is -2.12. The van der Waals surface area contributed by atoms with Gasteiger partial charge in [-0.2, -0.15) is 0 Å². The molecule has 1 aromatic carbocycles. The van der Waals surface area contributed by atoms with E-state index in [0.717, 1.165) is 25.9 Å². The van der Waals surface area contributed by atoms with Gasteiger partial charge in [0, 0.05) is 23.9 Å². The van der Waals surface area contributed by atoms with E-state index in [1.165, 1.54) is 6.07 Å². The predicted molar refractivity (Wildman–Crippen MR) is 70.5 cm³/mol. The molecule has 1 aromatic rings. The number of aromatic carboxylic acids is 1. The van der Waals surface area contributed by atoms with Gasteiger partial charge in [0.15, 0.2) is 0 Å². The summed E-state index contributed by atoms with van der Waals surface area (Å²) in [5.74, 6) is -0.975. The zero-order chi connectivity index (χ0) is 13.0. The van der Waals surface area contributed by atoms with Crippen molar-refractivity contribution in [3.63, 3.8) is 0 Å². The molecule has 1 unspecified atom stereocenters. The molecule has 98 valence electrons. The van der Waals surface area contributed by atoms with Gasteiger partial charge in [-0.1, -0.05) is 11.6 Å². The van der Waals surface area contributed by atoms with Gasteiger partial charge in [-0.05, 0) is 37.5 Å². The molecule has 5 heteroatoms. The highest BCUT2D eigenvalue weighted by Gasteiger charge is 2.15. The number of carbonyl (C=O) groups is 1. The summed E-state index contributed by atoms with van der Waals surface area (Å²) < 4.78 is 5.51. The fraction of sp³-hybridized carbons (Fsp3) is 0.462. The molecule has 1 heterocycles. The number of carboxylic acid groups (broad SMARTS) is 1. The minimum absolute atomic E-state index is 0.204. The average Bonchev–Trinajstić information content (AvgIpc) is 2.84. The number of anilines is 1. The van der Waals surface area contributed by atoms with Gasteiger partial charge in [-0.3, -0.25) is 0 Å². The van der Waals surface area contributed by atoms with E-state index < -0.39 is 5.97 Å². The topological polar surface area (TPSA) is 58.6 Å². The molecule has 2 rings (SSSR count). The van der Waals surface area contributed by atoms with Gasteiger partial charge in [0.2, 0.25) is 0 Å². The molecule has 4 nitrogen and oxygen atoms in total. The van der Waals surface area contributed by atoms with Gasteiger partial charge in [0.05, 0.1) is 11.7 Å². The minimum Gasteiger partial charge on any atom is -0.478 e. The number of benzene rings is 1. The molecule has 0 radical (unpaired) electrons. The predicted octanol–water partition coefficient (Wildman–Crippen LogP) is 3.02. The van der Waals surface area contributed by atoms with Gasteiger partial charge in [-0.25, -0.2) is 4.79 Å². The van der Waals surface area contributed by atoms with E-state index in [9.17, 15) is 4.79 Å². The standard InChI is InChI=1S/C13H16ClNO3/c14-9-3-4-12(11(8-9)13(16)17)15-6-5-10-2-1-7-18-10/h3-4,8,10,15H,1-2,5-7H2,(H,16,17). The Bertz CT molecular complexity index is 430. The smallest absolute Gasteiger partial charge is 0.337 e. The molecule has 1 aliphatic heterocycles. The number of hydrogen-bond acceptors (Lipinski definition) is 3. The van der Waals surface area contributed by atoms with Crippen LogP contribution in [0.2, 0.25) is 5.02 Å². The van der Waals surface area contributed by atoms with Gasteiger partial charge in [0.25, 0.3) is 0 Å². The van der Waals surface area contributed by atoms with Crippen molar-refractivity contribution < 1.29 is 14.6 Å². The van der Waals surface area contributed by atoms with E-state index in [1.54, 1.807) is 12.1 Å². The molecule has 1 fully saturated rings. The highest BCUT2D eigenvalue weighted by atomic mass is 35.5. The van der Waals surface area contributed by atoms with E-state index in [2.05, 4.69) is 5.32 Å². The van der Waals surface area contributed by atoms with Crippen molar-refractivity contribution in [3.05, 3.63) is 28.8 Å². The third-order valence-electron chi connectivity index (χ3n) is 3.02. The summed E-state index contributed by atoms with van der Waals surface area (Å²) in [6.45, 7) is 1.54. The highest BCUT2D eigenvalue weighted by Crippen LogP contribution is 2.21. The Morgan fingerprint density at radius 2 is 2.39 bits per heavy atom. The van der Waals surface area contributed by atoms with Crippen LogP contribution in [-0.4, -0.2) is 30.3 Å². The zero-order valence-electron chi connectivity index (χ0n) is 9.99. The normalized spacial score (nSPS) is 18.8. The lowest BCUT2D eigenvalue weighted by molar-refractivity contribution is 0.0698. The van der Waals surface area contributed by atoms with Gasteiger partial charge >= 0.3 is 5.97 Å². The molecule has 0 bridgehead atoms. The van der Waals surface area contributed by atoms with Crippen LogP contribution >= 0.6 is 11.6 Å². The van der Waals surface area contributed by atoms with Crippen molar-refractivity contribution in [2.24, 2.45) is 0 Å². The first-order valence-electron chi connectivity index (χ1n) is 6.05. The molecule has 2 N–H and O–H groups in total. The first-order chi connectivity index (χ1) is 8.66. The Labute approximate surface area is 111 Å². The third kappa shape index (κ3) is 3.37. The van der Waals surface area contributed by atoms with Crippen LogP contribution in [0.25, 0.3) is 0 Å². The highest BCUT2D eigenvalue weighted by molar-refractivity contribution is 6.31. The fourth-order valence-electron chi connectivity index (χ4n) is 2.09. The van der Waals surface area contributed by atoms with E-state index in [-0.39, 0.29) is 5.56 Å². The number of nitrogens with one attached hydrogen (secondary N) is 1. The molecule has 1 saturated heterocycles. The minimum atomic E-state index is -0.975. The van der Waals surface area contributed by atoms with Gasteiger partial charge in [-0.15, -0.1) is 0 Å². The summed E-state index contributed by atoms with van der Waals surface area (Å²) in [7, 11) is 0. The molecule has 0 aromatic heterocycles. The summed E-state index contributed by atoms with van der Waals surface area (Å²) in [4.78, 5) is 11.1. The largest absolute Gasteiger partial charge is 0.478 e. The lowest BCUT2D eigenvalue weighted by atomic mass is 10.1. The maximum Gasteiger partial charge on any atom is 0.337 e. The number of halogens is 1. The molecular formula is C13H16ClNO3. The molecule has 0 aliphatic carbocycles. The molecule has 0 spiro atoms. The number of carboxylic acids is 1. The second kappa shape index (κ2) is 6.07. The van der Waals surface area contributed by atoms with Crippen LogP contribution in [0.4, 0.5) is 5.69 Å². The molecular weight excluding hydrogens is 254 g/mol. The Balaban J connectivity index is 1.93. The van der Waals surface area contributed by atoms with Crippen molar-refractivity contribution >= 4 is 23.3 Å². The van der Waals surface area contributed by atoms with Crippen LogP contribution in [0.15, 0.2) is 18.2 Å². The van der Waals surface area contributed by atoms with E-state index in [0.29, 0.717) is 23.4 Å². The third-order valence-corrected chi connectivity index (χ3v) is 3.25. The number of rotatable bonds is 5. The SMILES string of the molecule is O=C(O)c1cc(Cl)ccc1NCCC1CCCO1. The number of hydrogen-bond donors (Lipinski definition) is 2. The Morgan fingerprint density at radius 1 is 1.56 bits per heavy atom. The van der Waals surface area contributed by atoms with Crippen LogP contribution in [0.3, 0.4) is 0 Å². The van der Waals surface area contributed by atoms with Crippen molar-refractivity contribution in [2.45, 2.75) is 25.4 Å². The maximum absolute atomic E-state index is 11.1. The second-order valence-corrected chi connectivity index (χ2v) is 4.78.